The Bertz CT molecular complexity index is 1800. The molecule has 0 bridgehead atoms. The van der Waals surface area contributed by atoms with Gasteiger partial charge in [-0.1, -0.05) is 0 Å². The molecule has 2 atom stereocenters. The lowest BCUT2D eigenvalue weighted by Crippen LogP contribution is -2.24. The molecule has 2 aliphatic rings. The number of ether oxygens (including phenoxy) is 2. The SMILES string of the molecule is Cc1cn(CCOC2CCCCO2)nc1-c1cn(C(C)C)c2cc(Nc3ccnc(-c4cnn(S(=O)C5CC5)c4)n3)ncc12. The van der Waals surface area contributed by atoms with Gasteiger partial charge in [0.1, 0.15) is 22.6 Å². The molecule has 6 heterocycles. The molecule has 0 amide bonds. The molecule has 0 radical (unpaired) electrons. The lowest BCUT2D eigenvalue weighted by atomic mass is 10.1. The molecule has 1 N–H and O–H groups in total. The van der Waals surface area contributed by atoms with Crippen LogP contribution in [0.4, 0.5) is 11.6 Å². The van der Waals surface area contributed by atoms with Crippen molar-refractivity contribution in [2.45, 2.75) is 77.0 Å². The zero-order chi connectivity index (χ0) is 30.2. The van der Waals surface area contributed by atoms with E-state index in [0.29, 0.717) is 36.2 Å². The fraction of sp³-hybridized carbons (Fsp3) is 0.452. The molecular formula is C31H37N9O3S. The molecule has 5 aromatic rings. The number of fused-ring (bicyclic) bond motifs is 1. The maximum atomic E-state index is 12.5. The predicted molar refractivity (Wildman–Crippen MR) is 169 cm³/mol. The molecule has 5 aromatic heterocycles. The Kier molecular flexibility index (Phi) is 8.00. The molecule has 0 aromatic carbocycles. The Morgan fingerprint density at radius 2 is 2.00 bits per heavy atom. The number of hydrogen-bond acceptors (Lipinski definition) is 9. The second-order valence-corrected chi connectivity index (χ2v) is 13.3. The molecular weight excluding hydrogens is 578 g/mol. The van der Waals surface area contributed by atoms with E-state index in [-0.39, 0.29) is 17.6 Å². The van der Waals surface area contributed by atoms with Gasteiger partial charge in [-0.25, -0.2) is 19.2 Å². The van der Waals surface area contributed by atoms with Gasteiger partial charge in [-0.2, -0.15) is 14.3 Å². The Balaban J connectivity index is 1.11. The third kappa shape index (κ3) is 6.04. The molecule has 1 saturated heterocycles. The minimum atomic E-state index is -1.14. The lowest BCUT2D eigenvalue weighted by Gasteiger charge is -2.22. The Morgan fingerprint density at radius 1 is 1.11 bits per heavy atom. The molecule has 12 nitrogen and oxygen atoms in total. The van der Waals surface area contributed by atoms with Gasteiger partial charge in [0.15, 0.2) is 12.1 Å². The Morgan fingerprint density at radius 3 is 2.80 bits per heavy atom. The molecule has 230 valence electrons. The summed E-state index contributed by atoms with van der Waals surface area (Å²) in [4.78, 5) is 13.8. The summed E-state index contributed by atoms with van der Waals surface area (Å²) in [5.41, 5.74) is 4.85. The van der Waals surface area contributed by atoms with Crippen LogP contribution in [-0.4, -0.2) is 67.4 Å². The van der Waals surface area contributed by atoms with Crippen LogP contribution < -0.4 is 5.32 Å². The first-order chi connectivity index (χ1) is 21.4. The van der Waals surface area contributed by atoms with Crippen LogP contribution in [0.25, 0.3) is 33.5 Å². The first kappa shape index (κ1) is 28.8. The lowest BCUT2D eigenvalue weighted by molar-refractivity contribution is -0.163. The Labute approximate surface area is 258 Å². The molecule has 1 aliphatic heterocycles. The van der Waals surface area contributed by atoms with Crippen LogP contribution in [0.5, 0.6) is 0 Å². The summed E-state index contributed by atoms with van der Waals surface area (Å²) in [6.07, 6.45) is 16.3. The Hall–Kier alpha value is -3.94. The third-order valence-corrected chi connectivity index (χ3v) is 9.57. The van der Waals surface area contributed by atoms with Gasteiger partial charge in [0, 0.05) is 54.5 Å². The summed E-state index contributed by atoms with van der Waals surface area (Å²) in [5.74, 6) is 1.78. The molecule has 1 saturated carbocycles. The predicted octanol–water partition coefficient (Wildman–Crippen LogP) is 5.40. The second kappa shape index (κ2) is 12.2. The highest BCUT2D eigenvalue weighted by Crippen LogP contribution is 2.34. The summed E-state index contributed by atoms with van der Waals surface area (Å²) < 4.78 is 29.8. The summed E-state index contributed by atoms with van der Waals surface area (Å²) >= 11 is 0. The van der Waals surface area contributed by atoms with Gasteiger partial charge in [0.05, 0.1) is 47.6 Å². The van der Waals surface area contributed by atoms with Crippen molar-refractivity contribution in [2.75, 3.05) is 18.5 Å². The van der Waals surface area contributed by atoms with Crippen LogP contribution in [0.2, 0.25) is 0 Å². The van der Waals surface area contributed by atoms with Crippen molar-refractivity contribution >= 4 is 33.5 Å². The molecule has 0 spiro atoms. The van der Waals surface area contributed by atoms with Crippen molar-refractivity contribution in [3.05, 3.63) is 54.9 Å². The van der Waals surface area contributed by atoms with E-state index in [1.807, 2.05) is 16.9 Å². The van der Waals surface area contributed by atoms with Crippen molar-refractivity contribution in [3.63, 3.8) is 0 Å². The number of aromatic nitrogens is 8. The van der Waals surface area contributed by atoms with E-state index in [0.717, 1.165) is 66.4 Å². The zero-order valence-electron chi connectivity index (χ0n) is 25.2. The molecule has 44 heavy (non-hydrogen) atoms. The van der Waals surface area contributed by atoms with Crippen LogP contribution in [0.3, 0.4) is 0 Å². The highest BCUT2D eigenvalue weighted by Gasteiger charge is 2.30. The minimum absolute atomic E-state index is 0.102. The number of aryl methyl sites for hydroxylation is 1. The number of pyridine rings is 1. The van der Waals surface area contributed by atoms with Crippen molar-refractivity contribution in [2.24, 2.45) is 0 Å². The van der Waals surface area contributed by atoms with Crippen LogP contribution in [0.15, 0.2) is 49.3 Å². The highest BCUT2D eigenvalue weighted by molar-refractivity contribution is 7.84. The first-order valence-electron chi connectivity index (χ1n) is 15.3. The topological polar surface area (TPSA) is 127 Å². The summed E-state index contributed by atoms with van der Waals surface area (Å²) in [6, 6.07) is 4.08. The van der Waals surface area contributed by atoms with E-state index in [2.05, 4.69) is 58.1 Å². The maximum absolute atomic E-state index is 12.5. The maximum Gasteiger partial charge on any atom is 0.164 e. The number of nitrogens with zero attached hydrogens (tertiary/aromatic N) is 8. The van der Waals surface area contributed by atoms with E-state index in [4.69, 9.17) is 19.6 Å². The normalized spacial score (nSPS) is 17.9. The van der Waals surface area contributed by atoms with E-state index < -0.39 is 11.0 Å². The van der Waals surface area contributed by atoms with Crippen molar-refractivity contribution in [1.29, 1.82) is 0 Å². The molecule has 1 aliphatic carbocycles. The van der Waals surface area contributed by atoms with Crippen LogP contribution in [0.1, 0.15) is 57.6 Å². The second-order valence-electron chi connectivity index (χ2n) is 11.7. The highest BCUT2D eigenvalue weighted by atomic mass is 32.2. The summed E-state index contributed by atoms with van der Waals surface area (Å²) in [6.45, 7) is 8.42. The summed E-state index contributed by atoms with van der Waals surface area (Å²) in [7, 11) is -1.14. The minimum Gasteiger partial charge on any atom is -0.353 e. The van der Waals surface area contributed by atoms with Gasteiger partial charge in [0.25, 0.3) is 0 Å². The largest absolute Gasteiger partial charge is 0.353 e. The smallest absolute Gasteiger partial charge is 0.164 e. The number of nitrogens with one attached hydrogen (secondary N) is 1. The van der Waals surface area contributed by atoms with Gasteiger partial charge in [-0.05, 0) is 64.5 Å². The van der Waals surface area contributed by atoms with Crippen LogP contribution >= 0.6 is 0 Å². The van der Waals surface area contributed by atoms with Gasteiger partial charge >= 0.3 is 0 Å². The third-order valence-electron chi connectivity index (χ3n) is 7.96. The average Bonchev–Trinajstić information content (AvgIpc) is 3.46. The monoisotopic (exact) mass is 615 g/mol. The van der Waals surface area contributed by atoms with Gasteiger partial charge < -0.3 is 19.4 Å². The van der Waals surface area contributed by atoms with E-state index in [1.54, 1.807) is 24.7 Å². The van der Waals surface area contributed by atoms with E-state index in [1.165, 1.54) is 4.09 Å². The molecule has 13 heteroatoms. The zero-order valence-corrected chi connectivity index (χ0v) is 26.0. The standard InChI is InChI=1S/C31H37N9O3S/c1-20(2)39-19-25(30-21(3)17-38(37-30)11-13-43-29-6-4-5-12-42-29)24-16-33-28(14-26(24)39)35-27-9-10-32-31(36-27)22-15-34-40(18-22)44(41)23-7-8-23/h9-10,14-20,23,29H,4-8,11-13H2,1-3H3,(H,32,33,35,36). The quantitative estimate of drug-likeness (QED) is 0.208. The summed E-state index contributed by atoms with van der Waals surface area (Å²) in [5, 5.41) is 13.8. The van der Waals surface area contributed by atoms with Crippen molar-refractivity contribution in [1.82, 2.24) is 38.5 Å². The fourth-order valence-corrected chi connectivity index (χ4v) is 6.69. The molecule has 2 unspecified atom stereocenters. The fourth-order valence-electron chi connectivity index (χ4n) is 5.49. The first-order valence-corrected chi connectivity index (χ1v) is 16.4. The van der Waals surface area contributed by atoms with Crippen LogP contribution in [0, 0.1) is 6.92 Å². The number of anilines is 2. The van der Waals surface area contributed by atoms with Gasteiger partial charge in [-0.3, -0.25) is 4.68 Å². The van der Waals surface area contributed by atoms with Gasteiger partial charge in [-0.15, -0.1) is 0 Å². The average molecular weight is 616 g/mol. The van der Waals surface area contributed by atoms with Crippen molar-refractivity contribution in [3.8, 4) is 22.6 Å². The van der Waals surface area contributed by atoms with Crippen LogP contribution in [-0.2, 0) is 27.0 Å². The van der Waals surface area contributed by atoms with E-state index >= 15 is 0 Å². The number of rotatable bonds is 11. The molecule has 2 fully saturated rings. The molecule has 7 rings (SSSR count). The number of hydrogen-bond donors (Lipinski definition) is 1. The van der Waals surface area contributed by atoms with Gasteiger partial charge in [0.2, 0.25) is 0 Å². The van der Waals surface area contributed by atoms with E-state index in [9.17, 15) is 4.21 Å². The van der Waals surface area contributed by atoms with Crippen molar-refractivity contribution < 1.29 is 13.7 Å².